The molecule has 0 aromatic rings. The average molecular weight is 911 g/mol. The van der Waals surface area contributed by atoms with Crippen LogP contribution >= 0.6 is 0 Å². The zero-order chi connectivity index (χ0) is 47.2. The Labute approximate surface area is 403 Å². The Morgan fingerprint density at radius 3 is 0.923 bits per heavy atom. The van der Waals surface area contributed by atoms with E-state index < -0.39 is 6.10 Å². The fourth-order valence-corrected chi connectivity index (χ4v) is 8.03. The van der Waals surface area contributed by atoms with Crippen LogP contribution in [0.3, 0.4) is 0 Å². The largest absolute Gasteiger partial charge is 0.462 e. The van der Waals surface area contributed by atoms with Crippen LogP contribution < -0.4 is 0 Å². The SMILES string of the molecule is CCCCC/C=C/C/C=C/C/C=C/CCCCCCC(=O)OC[C@@H](COC(=O)CCCCCCC/C=C/CCCCCC)OC(=O)CCCCCCCCCCCCCCCCCCC. The minimum absolute atomic E-state index is 0.0822. The third-order valence-electron chi connectivity index (χ3n) is 12.3. The molecule has 0 aliphatic heterocycles. The van der Waals surface area contributed by atoms with Crippen molar-refractivity contribution in [3.63, 3.8) is 0 Å². The van der Waals surface area contributed by atoms with Gasteiger partial charge in [0.25, 0.3) is 0 Å². The van der Waals surface area contributed by atoms with Crippen LogP contribution in [0.15, 0.2) is 48.6 Å². The van der Waals surface area contributed by atoms with Gasteiger partial charge in [0, 0.05) is 19.3 Å². The highest BCUT2D eigenvalue weighted by Gasteiger charge is 2.19. The van der Waals surface area contributed by atoms with E-state index in [-0.39, 0.29) is 31.1 Å². The van der Waals surface area contributed by atoms with Crippen LogP contribution in [0.5, 0.6) is 0 Å². The first kappa shape index (κ1) is 62.4. The van der Waals surface area contributed by atoms with E-state index in [1.165, 1.54) is 161 Å². The van der Waals surface area contributed by atoms with Crippen LogP contribution in [-0.4, -0.2) is 37.2 Å². The number of hydrogen-bond donors (Lipinski definition) is 0. The molecule has 0 aromatic heterocycles. The van der Waals surface area contributed by atoms with Gasteiger partial charge in [-0.2, -0.15) is 0 Å². The Balaban J connectivity index is 4.39. The van der Waals surface area contributed by atoms with E-state index in [1.54, 1.807) is 0 Å². The molecule has 1 atom stereocenters. The number of hydrogen-bond acceptors (Lipinski definition) is 6. The van der Waals surface area contributed by atoms with Crippen LogP contribution in [0.25, 0.3) is 0 Å². The topological polar surface area (TPSA) is 78.9 Å². The van der Waals surface area contributed by atoms with Crippen LogP contribution in [0.1, 0.15) is 290 Å². The number of allylic oxidation sites excluding steroid dienone is 8. The average Bonchev–Trinajstić information content (AvgIpc) is 3.30. The predicted octanol–water partition coefficient (Wildman–Crippen LogP) is 18.7. The maximum absolute atomic E-state index is 12.8. The van der Waals surface area contributed by atoms with Gasteiger partial charge in [-0.3, -0.25) is 14.4 Å². The zero-order valence-electron chi connectivity index (χ0n) is 43.3. The summed E-state index contributed by atoms with van der Waals surface area (Å²) in [7, 11) is 0. The van der Waals surface area contributed by atoms with E-state index in [0.29, 0.717) is 19.3 Å². The molecule has 0 radical (unpaired) electrons. The number of ether oxygens (including phenoxy) is 3. The van der Waals surface area contributed by atoms with E-state index in [2.05, 4.69) is 69.4 Å². The van der Waals surface area contributed by atoms with Crippen molar-refractivity contribution in [1.82, 2.24) is 0 Å². The second-order valence-electron chi connectivity index (χ2n) is 18.8. The van der Waals surface area contributed by atoms with Crippen LogP contribution in [0.4, 0.5) is 0 Å². The fraction of sp³-hybridized carbons (Fsp3) is 0.814. The molecule has 0 aliphatic rings. The lowest BCUT2D eigenvalue weighted by Gasteiger charge is -2.18. The molecule has 0 rings (SSSR count). The molecule has 0 amide bonds. The monoisotopic (exact) mass is 911 g/mol. The second kappa shape index (κ2) is 54.0. The number of esters is 3. The van der Waals surface area contributed by atoms with Gasteiger partial charge in [-0.15, -0.1) is 0 Å². The molecule has 0 aromatic carbocycles. The molecule has 6 nitrogen and oxygen atoms in total. The standard InChI is InChI=1S/C59H106O6/c1-4-7-10-13-16-19-22-25-27-29-31-34-37-40-43-46-49-52-58(61)64-55-56(54-63-57(60)51-48-45-42-39-36-33-24-21-18-15-12-9-6-3)65-59(62)53-50-47-44-41-38-35-32-30-28-26-23-20-17-14-11-8-5-2/h16,19,21,24-25,27,31,34,56H,4-15,17-18,20,22-23,26,28-30,32-33,35-55H2,1-3H3/b19-16+,24-21+,27-25+,34-31+/t56-/m1/s1. The van der Waals surface area contributed by atoms with Crippen molar-refractivity contribution in [3.05, 3.63) is 48.6 Å². The Kier molecular flexibility index (Phi) is 51.8. The first-order chi connectivity index (χ1) is 32.0. The van der Waals surface area contributed by atoms with Crippen molar-refractivity contribution in [3.8, 4) is 0 Å². The van der Waals surface area contributed by atoms with E-state index in [9.17, 15) is 14.4 Å². The zero-order valence-corrected chi connectivity index (χ0v) is 43.3. The van der Waals surface area contributed by atoms with Gasteiger partial charge in [-0.05, 0) is 83.5 Å². The van der Waals surface area contributed by atoms with Gasteiger partial charge in [-0.25, -0.2) is 0 Å². The predicted molar refractivity (Wildman–Crippen MR) is 279 cm³/mol. The highest BCUT2D eigenvalue weighted by Crippen LogP contribution is 2.16. The van der Waals surface area contributed by atoms with E-state index in [1.807, 2.05) is 0 Å². The second-order valence-corrected chi connectivity index (χ2v) is 18.8. The molecule has 0 heterocycles. The Hall–Kier alpha value is -2.63. The maximum Gasteiger partial charge on any atom is 0.306 e. The lowest BCUT2D eigenvalue weighted by Crippen LogP contribution is -2.30. The van der Waals surface area contributed by atoms with Crippen molar-refractivity contribution in [2.75, 3.05) is 13.2 Å². The van der Waals surface area contributed by atoms with Crippen LogP contribution in [0.2, 0.25) is 0 Å². The Bertz CT molecular complexity index is 1140. The van der Waals surface area contributed by atoms with Gasteiger partial charge in [-0.1, -0.05) is 236 Å². The van der Waals surface area contributed by atoms with Crippen molar-refractivity contribution in [2.45, 2.75) is 297 Å². The molecule has 0 aliphatic carbocycles. The number of carbonyl (C=O) groups excluding carboxylic acids is 3. The molecular formula is C59H106O6. The normalized spacial score (nSPS) is 12.4. The molecule has 0 N–H and O–H groups in total. The Morgan fingerprint density at radius 2 is 0.554 bits per heavy atom. The summed E-state index contributed by atoms with van der Waals surface area (Å²) in [4.78, 5) is 38.1. The smallest absolute Gasteiger partial charge is 0.306 e. The summed E-state index contributed by atoms with van der Waals surface area (Å²) in [5, 5.41) is 0. The lowest BCUT2D eigenvalue weighted by atomic mass is 10.0. The maximum atomic E-state index is 12.8. The van der Waals surface area contributed by atoms with E-state index >= 15 is 0 Å². The van der Waals surface area contributed by atoms with Crippen molar-refractivity contribution in [1.29, 1.82) is 0 Å². The molecule has 65 heavy (non-hydrogen) atoms. The summed E-state index contributed by atoms with van der Waals surface area (Å²) in [6.45, 7) is 6.60. The van der Waals surface area contributed by atoms with Crippen molar-refractivity contribution < 1.29 is 28.6 Å². The van der Waals surface area contributed by atoms with Gasteiger partial charge in [0.1, 0.15) is 13.2 Å². The van der Waals surface area contributed by atoms with Crippen molar-refractivity contribution >= 4 is 17.9 Å². The van der Waals surface area contributed by atoms with E-state index in [0.717, 1.165) is 89.9 Å². The molecule has 0 fully saturated rings. The third-order valence-corrected chi connectivity index (χ3v) is 12.3. The van der Waals surface area contributed by atoms with Gasteiger partial charge in [0.15, 0.2) is 6.10 Å². The fourth-order valence-electron chi connectivity index (χ4n) is 8.03. The minimum atomic E-state index is -0.783. The Morgan fingerprint density at radius 1 is 0.308 bits per heavy atom. The quantitative estimate of drug-likeness (QED) is 0.0262. The first-order valence-electron chi connectivity index (χ1n) is 28.1. The summed E-state index contributed by atoms with van der Waals surface area (Å²) >= 11 is 0. The van der Waals surface area contributed by atoms with Crippen LogP contribution in [0, 0.1) is 0 Å². The van der Waals surface area contributed by atoms with E-state index in [4.69, 9.17) is 14.2 Å². The molecule has 0 bridgehead atoms. The summed E-state index contributed by atoms with van der Waals surface area (Å²) in [6, 6.07) is 0. The molecule has 0 unspecified atom stereocenters. The van der Waals surface area contributed by atoms with Gasteiger partial charge in [0.2, 0.25) is 0 Å². The summed E-state index contributed by atoms with van der Waals surface area (Å²) in [5.41, 5.74) is 0. The summed E-state index contributed by atoms with van der Waals surface area (Å²) in [6.07, 6.45) is 65.2. The summed E-state index contributed by atoms with van der Waals surface area (Å²) in [5.74, 6) is -0.899. The van der Waals surface area contributed by atoms with Gasteiger partial charge in [0.05, 0.1) is 0 Å². The number of unbranched alkanes of at least 4 members (excludes halogenated alkanes) is 32. The molecule has 6 heteroatoms. The molecule has 378 valence electrons. The van der Waals surface area contributed by atoms with Crippen molar-refractivity contribution in [2.24, 2.45) is 0 Å². The number of rotatable bonds is 51. The van der Waals surface area contributed by atoms with Gasteiger partial charge >= 0.3 is 17.9 Å². The molecule has 0 saturated heterocycles. The summed E-state index contributed by atoms with van der Waals surface area (Å²) < 4.78 is 16.8. The number of carbonyl (C=O) groups is 3. The van der Waals surface area contributed by atoms with Gasteiger partial charge < -0.3 is 14.2 Å². The molecule has 0 spiro atoms. The minimum Gasteiger partial charge on any atom is -0.462 e. The first-order valence-corrected chi connectivity index (χ1v) is 28.1. The lowest BCUT2D eigenvalue weighted by molar-refractivity contribution is -0.167. The highest BCUT2D eigenvalue weighted by molar-refractivity contribution is 5.71. The molecule has 0 saturated carbocycles. The molecular weight excluding hydrogens is 805 g/mol. The third kappa shape index (κ3) is 52.2. The highest BCUT2D eigenvalue weighted by atomic mass is 16.6. The van der Waals surface area contributed by atoms with Crippen LogP contribution in [-0.2, 0) is 28.6 Å².